The highest BCUT2D eigenvalue weighted by Gasteiger charge is 2.73. The van der Waals surface area contributed by atoms with E-state index in [1.54, 1.807) is 0 Å². The van der Waals surface area contributed by atoms with Crippen molar-refractivity contribution < 1.29 is 28.4 Å². The number of ether oxygens (including phenoxy) is 6. The minimum absolute atomic E-state index is 0.449. The molecule has 0 N–H and O–H groups in total. The summed E-state index contributed by atoms with van der Waals surface area (Å²) in [4.78, 5) is 0. The maximum Gasteiger partial charge on any atom is 0.198 e. The fourth-order valence-corrected chi connectivity index (χ4v) is 5.45. The molecule has 4 spiro atoms. The van der Waals surface area contributed by atoms with Crippen LogP contribution in [0.5, 0.6) is 0 Å². The van der Waals surface area contributed by atoms with E-state index in [9.17, 15) is 0 Å². The van der Waals surface area contributed by atoms with E-state index in [0.717, 1.165) is 64.6 Å². The van der Waals surface area contributed by atoms with Crippen LogP contribution in [0.3, 0.4) is 0 Å². The van der Waals surface area contributed by atoms with Gasteiger partial charge in [0.1, 0.15) is 11.2 Å². The summed E-state index contributed by atoms with van der Waals surface area (Å²) in [5.41, 5.74) is -0.898. The Kier molecular flexibility index (Phi) is 3.75. The summed E-state index contributed by atoms with van der Waals surface area (Å²) < 4.78 is 37.9. The van der Waals surface area contributed by atoms with Gasteiger partial charge in [0, 0.05) is 65.0 Å². The fourth-order valence-electron chi connectivity index (χ4n) is 5.45. The van der Waals surface area contributed by atoms with E-state index in [2.05, 4.69) is 0 Å². The SMILES string of the molecule is C1COC2(C1)OC1(CCOCC1)C1(CCCO1)OC21CCOCC1. The maximum atomic E-state index is 6.99. The molecule has 5 aliphatic heterocycles. The zero-order valence-corrected chi connectivity index (χ0v) is 14.3. The monoisotopic (exact) mass is 340 g/mol. The molecule has 0 bridgehead atoms. The standard InChI is InChI=1S/C18H28O6/c1-3-17(21-9-1)15(5-11-19-12-6-15)24-18(4-2-10-22-18)16(23-17)7-13-20-14-8-16/h1-14H2. The van der Waals surface area contributed by atoms with Crippen molar-refractivity contribution in [2.75, 3.05) is 39.6 Å². The van der Waals surface area contributed by atoms with Crippen molar-refractivity contribution >= 4 is 0 Å². The van der Waals surface area contributed by atoms with Crippen LogP contribution in [-0.4, -0.2) is 62.4 Å². The van der Waals surface area contributed by atoms with Crippen LogP contribution in [0.2, 0.25) is 0 Å². The van der Waals surface area contributed by atoms with Crippen LogP contribution in [0.15, 0.2) is 0 Å². The summed E-state index contributed by atoms with van der Waals surface area (Å²) in [6.07, 6.45) is 7.07. The van der Waals surface area contributed by atoms with Crippen molar-refractivity contribution in [1.82, 2.24) is 0 Å². The molecular formula is C18H28O6. The van der Waals surface area contributed by atoms with Gasteiger partial charge in [-0.15, -0.1) is 0 Å². The molecule has 6 heteroatoms. The number of rotatable bonds is 0. The molecule has 0 amide bonds. The lowest BCUT2D eigenvalue weighted by Gasteiger charge is -2.64. The molecule has 0 aromatic heterocycles. The summed E-state index contributed by atoms with van der Waals surface area (Å²) in [7, 11) is 0. The Balaban J connectivity index is 1.58. The topological polar surface area (TPSA) is 55.4 Å². The summed E-state index contributed by atoms with van der Waals surface area (Å²) in [5.74, 6) is -1.30. The lowest BCUT2D eigenvalue weighted by atomic mass is 9.75. The van der Waals surface area contributed by atoms with Gasteiger partial charge < -0.3 is 28.4 Å². The first-order chi connectivity index (χ1) is 11.7. The Morgan fingerprint density at radius 3 is 1.21 bits per heavy atom. The predicted molar refractivity (Wildman–Crippen MR) is 83.6 cm³/mol. The van der Waals surface area contributed by atoms with Gasteiger partial charge in [-0.3, -0.25) is 0 Å². The fraction of sp³-hybridized carbons (Fsp3) is 1.00. The van der Waals surface area contributed by atoms with E-state index in [1.165, 1.54) is 0 Å². The minimum Gasteiger partial charge on any atom is -0.381 e. The van der Waals surface area contributed by atoms with E-state index in [4.69, 9.17) is 28.4 Å². The van der Waals surface area contributed by atoms with Crippen LogP contribution in [0.1, 0.15) is 51.4 Å². The van der Waals surface area contributed by atoms with Gasteiger partial charge in [0.15, 0.2) is 11.6 Å². The molecule has 24 heavy (non-hydrogen) atoms. The predicted octanol–water partition coefficient (Wildman–Crippen LogP) is 2.15. The van der Waals surface area contributed by atoms with Crippen molar-refractivity contribution in [3.63, 3.8) is 0 Å². The Morgan fingerprint density at radius 1 is 0.458 bits per heavy atom. The third kappa shape index (κ3) is 2.04. The molecule has 0 aromatic carbocycles. The normalized spacial score (nSPS) is 44.0. The molecule has 0 aromatic rings. The lowest BCUT2D eigenvalue weighted by molar-refractivity contribution is -0.498. The third-order valence-electron chi connectivity index (χ3n) is 6.68. The number of fused-ring (bicyclic) bond motifs is 2. The quantitative estimate of drug-likeness (QED) is 0.673. The second-order valence-corrected chi connectivity index (χ2v) is 7.83. The van der Waals surface area contributed by atoms with E-state index in [-0.39, 0.29) is 0 Å². The summed E-state index contributed by atoms with van der Waals surface area (Å²) >= 11 is 0. The Bertz CT molecular complexity index is 424. The lowest BCUT2D eigenvalue weighted by Crippen LogP contribution is -2.76. The molecule has 0 radical (unpaired) electrons. The second-order valence-electron chi connectivity index (χ2n) is 7.83. The van der Waals surface area contributed by atoms with Gasteiger partial charge in [0.05, 0.1) is 13.2 Å². The van der Waals surface area contributed by atoms with Crippen molar-refractivity contribution in [1.29, 1.82) is 0 Å². The van der Waals surface area contributed by atoms with E-state index in [1.807, 2.05) is 0 Å². The molecule has 5 heterocycles. The largest absolute Gasteiger partial charge is 0.381 e. The van der Waals surface area contributed by atoms with Gasteiger partial charge in [-0.2, -0.15) is 0 Å². The summed E-state index contributed by atoms with van der Waals surface area (Å²) in [6, 6.07) is 0. The molecule has 5 fully saturated rings. The molecule has 2 unspecified atom stereocenters. The summed E-state index contributed by atoms with van der Waals surface area (Å²) in [5, 5.41) is 0. The van der Waals surface area contributed by atoms with Crippen molar-refractivity contribution in [3.05, 3.63) is 0 Å². The molecule has 0 aliphatic carbocycles. The Labute approximate surface area is 143 Å². The van der Waals surface area contributed by atoms with Crippen LogP contribution in [-0.2, 0) is 28.4 Å². The van der Waals surface area contributed by atoms with E-state index >= 15 is 0 Å². The highest BCUT2D eigenvalue weighted by Crippen LogP contribution is 2.60. The first kappa shape index (κ1) is 16.0. The smallest absolute Gasteiger partial charge is 0.198 e. The van der Waals surface area contributed by atoms with Gasteiger partial charge in [0.25, 0.3) is 0 Å². The molecule has 5 rings (SSSR count). The number of hydrogen-bond donors (Lipinski definition) is 0. The van der Waals surface area contributed by atoms with Crippen LogP contribution in [0, 0.1) is 0 Å². The van der Waals surface area contributed by atoms with Crippen LogP contribution < -0.4 is 0 Å². The first-order valence-corrected chi connectivity index (χ1v) is 9.58. The van der Waals surface area contributed by atoms with Crippen LogP contribution >= 0.6 is 0 Å². The Hall–Kier alpha value is -0.240. The molecular weight excluding hydrogens is 312 g/mol. The van der Waals surface area contributed by atoms with Crippen molar-refractivity contribution in [2.24, 2.45) is 0 Å². The molecule has 136 valence electrons. The van der Waals surface area contributed by atoms with Gasteiger partial charge in [0.2, 0.25) is 0 Å². The molecule has 5 saturated heterocycles. The zero-order chi connectivity index (χ0) is 16.1. The van der Waals surface area contributed by atoms with Crippen molar-refractivity contribution in [2.45, 2.75) is 74.1 Å². The van der Waals surface area contributed by atoms with Gasteiger partial charge in [-0.1, -0.05) is 0 Å². The molecule has 2 atom stereocenters. The van der Waals surface area contributed by atoms with Gasteiger partial charge in [-0.05, 0) is 12.8 Å². The van der Waals surface area contributed by atoms with Gasteiger partial charge in [-0.25, -0.2) is 0 Å². The average molecular weight is 340 g/mol. The number of hydrogen-bond acceptors (Lipinski definition) is 6. The minimum atomic E-state index is -0.648. The van der Waals surface area contributed by atoms with Crippen molar-refractivity contribution in [3.8, 4) is 0 Å². The summed E-state index contributed by atoms with van der Waals surface area (Å²) in [6.45, 7) is 4.27. The molecule has 6 nitrogen and oxygen atoms in total. The Morgan fingerprint density at radius 2 is 0.875 bits per heavy atom. The maximum absolute atomic E-state index is 6.99. The molecule has 5 aliphatic rings. The third-order valence-corrected chi connectivity index (χ3v) is 6.68. The highest BCUT2D eigenvalue weighted by atomic mass is 16.8. The van der Waals surface area contributed by atoms with Crippen LogP contribution in [0.4, 0.5) is 0 Å². The van der Waals surface area contributed by atoms with E-state index < -0.39 is 22.8 Å². The molecule has 0 saturated carbocycles. The zero-order valence-electron chi connectivity index (χ0n) is 14.3. The van der Waals surface area contributed by atoms with E-state index in [0.29, 0.717) is 26.4 Å². The average Bonchev–Trinajstić information content (AvgIpc) is 3.27. The van der Waals surface area contributed by atoms with Gasteiger partial charge >= 0.3 is 0 Å². The second kappa shape index (κ2) is 5.63. The van der Waals surface area contributed by atoms with Crippen LogP contribution in [0.25, 0.3) is 0 Å². The first-order valence-electron chi connectivity index (χ1n) is 9.58. The highest BCUT2D eigenvalue weighted by molar-refractivity contribution is 5.13.